The smallest absolute Gasteiger partial charge is 0.414 e. The maximum Gasteiger partial charge on any atom is 0.414 e. The van der Waals surface area contributed by atoms with Crippen molar-refractivity contribution in [2.24, 2.45) is 0 Å². The van der Waals surface area contributed by atoms with Crippen molar-refractivity contribution in [2.45, 2.75) is 32.1 Å². The third-order valence-electron chi connectivity index (χ3n) is 6.73. The third-order valence-corrected chi connectivity index (χ3v) is 6.73. The first-order valence-electron chi connectivity index (χ1n) is 13.4. The summed E-state index contributed by atoms with van der Waals surface area (Å²) in [5.74, 6) is -1.36. The van der Waals surface area contributed by atoms with Gasteiger partial charge in [0, 0.05) is 12.0 Å². The Bertz CT molecular complexity index is 1300. The number of aliphatic carboxylic acids is 2. The molecule has 3 N–H and O–H groups in total. The van der Waals surface area contributed by atoms with Crippen molar-refractivity contribution in [1.29, 1.82) is 0 Å². The first-order chi connectivity index (χ1) is 19.4. The number of carboxylic acid groups (broad SMARTS) is 2. The molecule has 1 amide bonds. The molecule has 0 bridgehead atoms. The standard InChI is InChI=1S/C27H28N2O3.C4H6O4/c30-27(32-17-13-20-7-3-1-4-8-20)29-16-18-31-26-24(29)19-22-11-14-28-15-12-23(22)25(26)21-9-5-2-6-10-21;5-3(6)1-2-4(7)8/h1-10,19,28H,11-18H2;1-2H2,(H,5,6)(H,7,8). The first kappa shape index (κ1) is 28.6. The van der Waals surface area contributed by atoms with Crippen LogP contribution >= 0.6 is 0 Å². The number of nitrogens with zero attached hydrogens (tertiary/aromatic N) is 1. The fraction of sp³-hybridized carbons (Fsp3) is 0.323. The van der Waals surface area contributed by atoms with E-state index in [4.69, 9.17) is 19.7 Å². The minimum atomic E-state index is -1.08. The number of anilines is 1. The number of rotatable bonds is 7. The number of nitrogens with one attached hydrogen (secondary N) is 1. The van der Waals surface area contributed by atoms with Gasteiger partial charge in [0.05, 0.1) is 31.7 Å². The van der Waals surface area contributed by atoms with Gasteiger partial charge in [-0.05, 0) is 54.3 Å². The topological polar surface area (TPSA) is 125 Å². The van der Waals surface area contributed by atoms with Crippen molar-refractivity contribution >= 4 is 23.7 Å². The Morgan fingerprint density at radius 2 is 1.55 bits per heavy atom. The lowest BCUT2D eigenvalue weighted by molar-refractivity contribution is -0.143. The number of ether oxygens (including phenoxy) is 2. The van der Waals surface area contributed by atoms with Crippen molar-refractivity contribution in [3.05, 3.63) is 83.4 Å². The second-order valence-electron chi connectivity index (χ2n) is 9.49. The maximum atomic E-state index is 13.1. The number of carbonyl (C=O) groups is 3. The van der Waals surface area contributed by atoms with Crippen LogP contribution in [0, 0.1) is 0 Å². The molecule has 2 aliphatic heterocycles. The maximum absolute atomic E-state index is 13.1. The van der Waals surface area contributed by atoms with Crippen LogP contribution in [0.4, 0.5) is 10.5 Å². The molecule has 0 aromatic heterocycles. The van der Waals surface area contributed by atoms with Gasteiger partial charge >= 0.3 is 18.0 Å². The number of amides is 1. The van der Waals surface area contributed by atoms with Crippen molar-refractivity contribution in [1.82, 2.24) is 5.32 Å². The van der Waals surface area contributed by atoms with Gasteiger partial charge in [-0.1, -0.05) is 60.7 Å². The highest BCUT2D eigenvalue weighted by Gasteiger charge is 2.30. The minimum Gasteiger partial charge on any atom is -0.489 e. The molecule has 0 aliphatic carbocycles. The number of fused-ring (bicyclic) bond motifs is 2. The summed E-state index contributed by atoms with van der Waals surface area (Å²) >= 11 is 0. The summed E-state index contributed by atoms with van der Waals surface area (Å²) in [5.41, 5.74) is 6.82. The van der Waals surface area contributed by atoms with Crippen LogP contribution in [0.3, 0.4) is 0 Å². The third kappa shape index (κ3) is 7.60. The van der Waals surface area contributed by atoms with Gasteiger partial charge in [0.1, 0.15) is 6.61 Å². The summed E-state index contributed by atoms with van der Waals surface area (Å²) in [6.45, 7) is 3.18. The Morgan fingerprint density at radius 1 is 0.900 bits per heavy atom. The number of hydrogen-bond acceptors (Lipinski definition) is 6. The van der Waals surface area contributed by atoms with E-state index in [1.54, 1.807) is 4.90 Å². The molecule has 3 aromatic carbocycles. The van der Waals surface area contributed by atoms with E-state index in [0.29, 0.717) is 26.2 Å². The van der Waals surface area contributed by atoms with E-state index in [9.17, 15) is 14.4 Å². The highest BCUT2D eigenvalue weighted by atomic mass is 16.6. The predicted octanol–water partition coefficient (Wildman–Crippen LogP) is 4.56. The number of carboxylic acids is 2. The van der Waals surface area contributed by atoms with Crippen LogP contribution in [0.1, 0.15) is 29.5 Å². The summed E-state index contributed by atoms with van der Waals surface area (Å²) in [4.78, 5) is 34.1. The molecule has 40 heavy (non-hydrogen) atoms. The van der Waals surface area contributed by atoms with Crippen LogP contribution in [0.5, 0.6) is 5.75 Å². The summed E-state index contributed by atoms with van der Waals surface area (Å²) in [7, 11) is 0. The molecule has 0 saturated carbocycles. The zero-order valence-electron chi connectivity index (χ0n) is 22.3. The Kier molecular flexibility index (Phi) is 10.1. The van der Waals surface area contributed by atoms with Crippen molar-refractivity contribution in [3.8, 4) is 16.9 Å². The van der Waals surface area contributed by atoms with E-state index in [-0.39, 0.29) is 18.9 Å². The van der Waals surface area contributed by atoms with Crippen molar-refractivity contribution < 1.29 is 34.1 Å². The van der Waals surface area contributed by atoms with E-state index in [1.807, 2.05) is 36.4 Å². The van der Waals surface area contributed by atoms with E-state index >= 15 is 0 Å². The van der Waals surface area contributed by atoms with Crippen molar-refractivity contribution in [3.63, 3.8) is 0 Å². The second kappa shape index (κ2) is 14.1. The van der Waals surface area contributed by atoms with Gasteiger partial charge in [-0.15, -0.1) is 0 Å². The number of carbonyl (C=O) groups excluding carboxylic acids is 1. The molecule has 210 valence electrons. The van der Waals surface area contributed by atoms with Crippen molar-refractivity contribution in [2.75, 3.05) is 37.7 Å². The summed E-state index contributed by atoms with van der Waals surface area (Å²) in [6.07, 6.45) is 1.67. The second-order valence-corrected chi connectivity index (χ2v) is 9.49. The predicted molar refractivity (Wildman–Crippen MR) is 151 cm³/mol. The van der Waals surface area contributed by atoms with Crippen LogP contribution in [-0.4, -0.2) is 61.1 Å². The van der Waals surface area contributed by atoms with E-state index < -0.39 is 11.9 Å². The minimum absolute atomic E-state index is 0.296. The molecule has 2 aliphatic rings. The molecule has 0 radical (unpaired) electrons. The molecule has 0 saturated heterocycles. The van der Waals surface area contributed by atoms with Crippen LogP contribution in [0.25, 0.3) is 11.1 Å². The Hall–Kier alpha value is -4.37. The monoisotopic (exact) mass is 546 g/mol. The number of hydrogen-bond donors (Lipinski definition) is 3. The van der Waals surface area contributed by atoms with Gasteiger partial charge in [0.2, 0.25) is 0 Å². The lowest BCUT2D eigenvalue weighted by Gasteiger charge is -2.32. The van der Waals surface area contributed by atoms with Crippen LogP contribution in [-0.2, 0) is 33.6 Å². The van der Waals surface area contributed by atoms with E-state index in [0.717, 1.165) is 54.1 Å². The molecule has 2 heterocycles. The summed E-state index contributed by atoms with van der Waals surface area (Å²) in [5, 5.41) is 19.3. The highest BCUT2D eigenvalue weighted by Crippen LogP contribution is 2.45. The largest absolute Gasteiger partial charge is 0.489 e. The highest BCUT2D eigenvalue weighted by molar-refractivity contribution is 5.94. The SMILES string of the molecule is O=C(O)CCC(=O)O.O=C(OCCc1ccccc1)N1CCOc2c1cc1c(c2-c2ccccc2)CCNCC1. The average Bonchev–Trinajstić information content (AvgIpc) is 3.21. The Balaban J connectivity index is 0.000000406. The molecule has 0 atom stereocenters. The Morgan fingerprint density at radius 3 is 2.23 bits per heavy atom. The van der Waals surface area contributed by atoms with Gasteiger partial charge in [-0.2, -0.15) is 0 Å². The van der Waals surface area contributed by atoms with Gasteiger partial charge < -0.3 is 25.0 Å². The lowest BCUT2D eigenvalue weighted by Crippen LogP contribution is -2.39. The van der Waals surface area contributed by atoms with Gasteiger partial charge in [-0.25, -0.2) is 4.79 Å². The molecular formula is C31H34N2O7. The quantitative estimate of drug-likeness (QED) is 0.394. The molecule has 0 unspecified atom stereocenters. The van der Waals surface area contributed by atoms with Crippen LogP contribution in [0.15, 0.2) is 66.7 Å². The first-order valence-corrected chi connectivity index (χ1v) is 13.4. The van der Waals surface area contributed by atoms with Gasteiger partial charge in [0.25, 0.3) is 0 Å². The zero-order chi connectivity index (χ0) is 28.3. The molecule has 5 rings (SSSR count). The molecule has 0 spiro atoms. The zero-order valence-corrected chi connectivity index (χ0v) is 22.3. The summed E-state index contributed by atoms with van der Waals surface area (Å²) in [6, 6.07) is 22.6. The molecular weight excluding hydrogens is 512 g/mol. The van der Waals surface area contributed by atoms with Crippen LogP contribution in [0.2, 0.25) is 0 Å². The van der Waals surface area contributed by atoms with E-state index in [1.165, 1.54) is 11.1 Å². The molecule has 3 aromatic rings. The molecule has 0 fully saturated rings. The van der Waals surface area contributed by atoms with Gasteiger partial charge in [-0.3, -0.25) is 14.5 Å². The molecule has 9 heteroatoms. The lowest BCUT2D eigenvalue weighted by atomic mass is 9.90. The fourth-order valence-corrected chi connectivity index (χ4v) is 4.81. The summed E-state index contributed by atoms with van der Waals surface area (Å²) < 4.78 is 11.9. The normalized spacial score (nSPS) is 13.8. The van der Waals surface area contributed by atoms with Crippen LogP contribution < -0.4 is 15.0 Å². The average molecular weight is 547 g/mol. The molecule has 9 nitrogen and oxygen atoms in total. The Labute approximate surface area is 233 Å². The fourth-order valence-electron chi connectivity index (χ4n) is 4.81. The van der Waals surface area contributed by atoms with E-state index in [2.05, 4.69) is 35.6 Å². The van der Waals surface area contributed by atoms with Gasteiger partial charge in [0.15, 0.2) is 5.75 Å². The number of benzene rings is 3.